The van der Waals surface area contributed by atoms with Crippen molar-refractivity contribution in [1.82, 2.24) is 0 Å². The van der Waals surface area contributed by atoms with E-state index in [1.807, 2.05) is 18.2 Å². The third-order valence-corrected chi connectivity index (χ3v) is 19.2. The van der Waals surface area contributed by atoms with Crippen molar-refractivity contribution in [1.29, 1.82) is 0 Å². The molecule has 0 saturated heterocycles. The second-order valence-electron chi connectivity index (χ2n) is 8.44. The molecule has 30 heavy (non-hydrogen) atoms. The van der Waals surface area contributed by atoms with Gasteiger partial charge in [-0.05, 0) is 0 Å². The number of aromatic hydroxyl groups is 1. The number of carbonyl (C=O) groups is 1. The van der Waals surface area contributed by atoms with Crippen LogP contribution in [0.5, 0.6) is 5.75 Å². The molecule has 0 radical (unpaired) electrons. The molecule has 0 spiro atoms. The third-order valence-electron chi connectivity index (χ3n) is 6.23. The van der Waals surface area contributed by atoms with Crippen LogP contribution in [0.1, 0.15) is 32.1 Å². The van der Waals surface area contributed by atoms with E-state index >= 15 is 0 Å². The number of aryl methyl sites for hydroxylation is 1. The standard InChI is InChI=1S/C23H23BrINO2SeSi/c1-11(2)30(12(3)4)18-10-14(27)6-7-15(18)26-16-8-9-17(28)19(23(16)30)22-20(24)21(25)13(5)29-22/h6-12,28H,1-5H3. The molecule has 2 heterocycles. The van der Waals surface area contributed by atoms with Crippen molar-refractivity contribution in [2.45, 2.75) is 45.7 Å². The molecular formula is C23H23BrINO2SeSi. The van der Waals surface area contributed by atoms with Crippen LogP contribution in [0.15, 0.2) is 45.0 Å². The van der Waals surface area contributed by atoms with E-state index in [0.717, 1.165) is 26.6 Å². The van der Waals surface area contributed by atoms with Crippen LogP contribution in [0, 0.1) is 10.5 Å². The van der Waals surface area contributed by atoms with Crippen molar-refractivity contribution in [3.8, 4) is 15.8 Å². The van der Waals surface area contributed by atoms with E-state index in [1.54, 1.807) is 12.1 Å². The average molecular weight is 659 g/mol. The normalized spacial score (nSPS) is 17.2. The van der Waals surface area contributed by atoms with Gasteiger partial charge in [-0.25, -0.2) is 0 Å². The minimum absolute atomic E-state index is 0.0322. The summed E-state index contributed by atoms with van der Waals surface area (Å²) in [7, 11) is -2.45. The molecule has 4 rings (SSSR count). The van der Waals surface area contributed by atoms with Gasteiger partial charge in [0, 0.05) is 0 Å². The topological polar surface area (TPSA) is 49.7 Å². The van der Waals surface area contributed by atoms with Gasteiger partial charge in [-0.2, -0.15) is 0 Å². The number of aliphatic imine (C=N–C) groups is 1. The summed E-state index contributed by atoms with van der Waals surface area (Å²) in [6.45, 7) is 11.3. The van der Waals surface area contributed by atoms with Gasteiger partial charge in [0.2, 0.25) is 0 Å². The number of allylic oxidation sites excluding steroid dienone is 4. The number of phenolic OH excluding ortho intramolecular Hbond substituents is 1. The Morgan fingerprint density at radius 3 is 2.40 bits per heavy atom. The first-order valence-electron chi connectivity index (χ1n) is 9.95. The molecule has 0 amide bonds. The van der Waals surface area contributed by atoms with Crippen LogP contribution >= 0.6 is 38.5 Å². The predicted octanol–water partition coefficient (Wildman–Crippen LogP) is 5.96. The van der Waals surface area contributed by atoms with Crippen LogP contribution in [0.4, 0.5) is 5.69 Å². The first kappa shape index (κ1) is 22.5. The summed E-state index contributed by atoms with van der Waals surface area (Å²) in [5.74, 6) is 0.349. The molecule has 0 saturated carbocycles. The molecule has 3 nitrogen and oxygen atoms in total. The average Bonchev–Trinajstić information content (AvgIpc) is 2.93. The summed E-state index contributed by atoms with van der Waals surface area (Å²) >= 11 is 6.34. The maximum atomic E-state index is 12.4. The Labute approximate surface area is 206 Å². The van der Waals surface area contributed by atoms with Crippen LogP contribution in [0.3, 0.4) is 0 Å². The number of nitrogens with zero attached hydrogens (tertiary/aromatic N) is 1. The molecule has 7 heteroatoms. The fraction of sp³-hybridized carbons (Fsp3) is 0.304. The Bertz CT molecular complexity index is 1170. The zero-order chi connectivity index (χ0) is 22.0. The van der Waals surface area contributed by atoms with Gasteiger partial charge in [-0.3, -0.25) is 0 Å². The summed E-state index contributed by atoms with van der Waals surface area (Å²) < 4.78 is 4.87. The molecule has 0 unspecified atom stereocenters. The van der Waals surface area contributed by atoms with E-state index in [1.165, 1.54) is 17.6 Å². The van der Waals surface area contributed by atoms with Crippen molar-refractivity contribution < 1.29 is 9.90 Å². The molecule has 1 aromatic carbocycles. The van der Waals surface area contributed by atoms with E-state index in [0.29, 0.717) is 16.8 Å². The quantitative estimate of drug-likeness (QED) is 0.252. The van der Waals surface area contributed by atoms with Gasteiger partial charge in [0.1, 0.15) is 0 Å². The molecule has 0 atom stereocenters. The van der Waals surface area contributed by atoms with Crippen LogP contribution < -0.4 is 5.19 Å². The third kappa shape index (κ3) is 3.15. The van der Waals surface area contributed by atoms with E-state index in [-0.39, 0.29) is 20.3 Å². The second kappa shape index (κ2) is 8.00. The van der Waals surface area contributed by atoms with E-state index in [9.17, 15) is 9.90 Å². The molecule has 0 bridgehead atoms. The summed E-state index contributed by atoms with van der Waals surface area (Å²) in [6, 6.07) is 3.74. The number of hydrogen-bond acceptors (Lipinski definition) is 3. The summed E-state index contributed by atoms with van der Waals surface area (Å²) in [4.78, 5) is 17.4. The number of ketones is 1. The van der Waals surface area contributed by atoms with Crippen LogP contribution in [-0.2, 0) is 4.79 Å². The zero-order valence-corrected chi connectivity index (χ0v) is 24.0. The van der Waals surface area contributed by atoms with E-state index in [2.05, 4.69) is 73.1 Å². The summed E-state index contributed by atoms with van der Waals surface area (Å²) in [5, 5.41) is 13.5. The number of benzene rings is 1. The van der Waals surface area contributed by atoms with Crippen molar-refractivity contribution in [3.05, 3.63) is 48.0 Å². The molecule has 0 fully saturated rings. The zero-order valence-electron chi connectivity index (χ0n) is 17.5. The number of phenols is 1. The Morgan fingerprint density at radius 1 is 1.17 bits per heavy atom. The fourth-order valence-corrected chi connectivity index (χ4v) is 16.0. The van der Waals surface area contributed by atoms with Gasteiger partial charge in [-0.1, -0.05) is 0 Å². The molecule has 1 aliphatic carbocycles. The summed E-state index contributed by atoms with van der Waals surface area (Å²) in [5.41, 5.74) is 3.50. The van der Waals surface area contributed by atoms with Crippen molar-refractivity contribution in [2.24, 2.45) is 4.99 Å². The first-order chi connectivity index (χ1) is 14.1. The Balaban J connectivity index is 2.20. The molecule has 2 aromatic rings. The van der Waals surface area contributed by atoms with Gasteiger partial charge in [-0.15, -0.1) is 0 Å². The maximum absolute atomic E-state index is 12.4. The van der Waals surface area contributed by atoms with Crippen molar-refractivity contribution >= 4 is 83.5 Å². The molecular weight excluding hydrogens is 636 g/mol. The Morgan fingerprint density at radius 2 is 1.83 bits per heavy atom. The monoisotopic (exact) mass is 659 g/mol. The molecule has 1 aromatic heterocycles. The van der Waals surface area contributed by atoms with Crippen LogP contribution in [0.2, 0.25) is 11.1 Å². The molecule has 2 aliphatic rings. The Kier molecular flexibility index (Phi) is 5.99. The van der Waals surface area contributed by atoms with E-state index < -0.39 is 8.07 Å². The second-order valence-corrected chi connectivity index (χ2v) is 18.0. The first-order valence-corrected chi connectivity index (χ1v) is 15.7. The van der Waals surface area contributed by atoms with Gasteiger partial charge in [0.15, 0.2) is 0 Å². The van der Waals surface area contributed by atoms with Gasteiger partial charge in [0.05, 0.1) is 0 Å². The van der Waals surface area contributed by atoms with Crippen LogP contribution in [0.25, 0.3) is 10.0 Å². The number of rotatable bonds is 3. The Hall–Kier alpha value is -0.734. The molecule has 1 aliphatic heterocycles. The molecule has 1 N–H and O–H groups in total. The predicted molar refractivity (Wildman–Crippen MR) is 141 cm³/mol. The van der Waals surface area contributed by atoms with Crippen molar-refractivity contribution in [2.75, 3.05) is 0 Å². The number of hydrogen-bond donors (Lipinski definition) is 1. The van der Waals surface area contributed by atoms with Gasteiger partial charge in [0.25, 0.3) is 0 Å². The summed E-state index contributed by atoms with van der Waals surface area (Å²) in [6.07, 6.45) is 5.31. The SMILES string of the molecule is Cc1[se]c(-c2c(O)ccc3c2[Si](C(C)C)(C(C)C)C2=CC(=O)C=CC2=N3)c(Br)c1I. The number of halogens is 2. The number of carbonyl (C=O) groups excluding carboxylic acids is 1. The van der Waals surface area contributed by atoms with Gasteiger partial charge >= 0.3 is 208 Å². The van der Waals surface area contributed by atoms with E-state index in [4.69, 9.17) is 4.99 Å². The van der Waals surface area contributed by atoms with Crippen LogP contribution in [-0.4, -0.2) is 39.2 Å². The fourth-order valence-electron chi connectivity index (χ4n) is 5.05. The minimum atomic E-state index is -2.45. The van der Waals surface area contributed by atoms with Crippen molar-refractivity contribution in [3.63, 3.8) is 0 Å². The number of fused-ring (bicyclic) bond motifs is 2. The molecule has 156 valence electrons. The van der Waals surface area contributed by atoms with Gasteiger partial charge < -0.3 is 0 Å².